The fraction of sp³-hybridized carbons (Fsp3) is 0.583. The van der Waals surface area contributed by atoms with Crippen molar-refractivity contribution in [1.29, 1.82) is 0 Å². The van der Waals surface area contributed by atoms with E-state index < -0.39 is 11.9 Å². The highest BCUT2D eigenvalue weighted by molar-refractivity contribution is 5.09. The fourth-order valence-electron chi connectivity index (χ4n) is 1.69. The van der Waals surface area contributed by atoms with Crippen molar-refractivity contribution < 1.29 is 9.50 Å². The molecule has 1 rings (SSSR count). The molecule has 84 valence electrons. The first kappa shape index (κ1) is 12.1. The van der Waals surface area contributed by atoms with Crippen molar-refractivity contribution in [2.45, 2.75) is 39.2 Å². The molecule has 0 radical (unpaired) electrons. The van der Waals surface area contributed by atoms with Crippen molar-refractivity contribution in [3.8, 4) is 0 Å². The second-order valence-corrected chi connectivity index (χ2v) is 3.80. The van der Waals surface area contributed by atoms with E-state index in [1.807, 2.05) is 0 Å². The first-order chi connectivity index (χ1) is 7.19. The molecule has 0 aromatic carbocycles. The molecule has 2 nitrogen and oxygen atoms in total. The quantitative estimate of drug-likeness (QED) is 0.811. The topological polar surface area (TPSA) is 33.1 Å². The molecule has 1 aromatic heterocycles. The normalized spacial score (nSPS) is 13.1. The lowest BCUT2D eigenvalue weighted by Crippen LogP contribution is -2.09. The van der Waals surface area contributed by atoms with Crippen LogP contribution in [-0.2, 0) is 0 Å². The summed E-state index contributed by atoms with van der Waals surface area (Å²) in [5.41, 5.74) is 0.171. The monoisotopic (exact) mass is 211 g/mol. The summed E-state index contributed by atoms with van der Waals surface area (Å²) in [6.07, 6.45) is 3.32. The Labute approximate surface area is 90.2 Å². The predicted molar refractivity (Wildman–Crippen MR) is 57.8 cm³/mol. The zero-order valence-corrected chi connectivity index (χ0v) is 9.28. The molecule has 1 atom stereocenters. The molecule has 0 fully saturated rings. The van der Waals surface area contributed by atoms with Crippen LogP contribution in [-0.4, -0.2) is 10.1 Å². The SMILES string of the molecule is CCC(CC)CC(O)c1ncccc1F. The highest BCUT2D eigenvalue weighted by Crippen LogP contribution is 2.25. The summed E-state index contributed by atoms with van der Waals surface area (Å²) in [6, 6.07) is 2.86. The fourth-order valence-corrected chi connectivity index (χ4v) is 1.69. The third-order valence-corrected chi connectivity index (χ3v) is 2.81. The average Bonchev–Trinajstić information content (AvgIpc) is 2.26. The van der Waals surface area contributed by atoms with Crippen LogP contribution >= 0.6 is 0 Å². The van der Waals surface area contributed by atoms with E-state index in [1.165, 1.54) is 18.3 Å². The molecule has 0 bridgehead atoms. The Morgan fingerprint density at radius 1 is 1.40 bits per heavy atom. The summed E-state index contributed by atoms with van der Waals surface area (Å²) < 4.78 is 13.3. The van der Waals surface area contributed by atoms with E-state index in [4.69, 9.17) is 0 Å². The lowest BCUT2D eigenvalue weighted by Gasteiger charge is -2.17. The molecule has 0 saturated carbocycles. The maximum Gasteiger partial charge on any atom is 0.147 e. The van der Waals surface area contributed by atoms with E-state index in [2.05, 4.69) is 18.8 Å². The zero-order valence-electron chi connectivity index (χ0n) is 9.28. The van der Waals surface area contributed by atoms with Crippen molar-refractivity contribution >= 4 is 0 Å². The van der Waals surface area contributed by atoms with E-state index in [9.17, 15) is 9.50 Å². The van der Waals surface area contributed by atoms with Gasteiger partial charge in [0.2, 0.25) is 0 Å². The number of halogens is 1. The summed E-state index contributed by atoms with van der Waals surface area (Å²) >= 11 is 0. The van der Waals surface area contributed by atoms with Crippen molar-refractivity contribution in [1.82, 2.24) is 4.98 Å². The van der Waals surface area contributed by atoms with Gasteiger partial charge in [-0.25, -0.2) is 4.39 Å². The van der Waals surface area contributed by atoms with E-state index in [0.717, 1.165) is 12.8 Å². The molecule has 0 aliphatic heterocycles. The van der Waals surface area contributed by atoms with E-state index in [-0.39, 0.29) is 5.69 Å². The van der Waals surface area contributed by atoms with Gasteiger partial charge in [0.25, 0.3) is 0 Å². The van der Waals surface area contributed by atoms with Gasteiger partial charge in [0.05, 0.1) is 6.10 Å². The molecule has 1 aromatic rings. The largest absolute Gasteiger partial charge is 0.387 e. The molecule has 3 heteroatoms. The van der Waals surface area contributed by atoms with Crippen LogP contribution in [0.5, 0.6) is 0 Å². The molecule has 15 heavy (non-hydrogen) atoms. The second-order valence-electron chi connectivity index (χ2n) is 3.80. The molecular weight excluding hydrogens is 193 g/mol. The summed E-state index contributed by atoms with van der Waals surface area (Å²) in [4.78, 5) is 3.87. The van der Waals surface area contributed by atoms with Crippen LogP contribution in [0.3, 0.4) is 0 Å². The number of aromatic nitrogens is 1. The van der Waals surface area contributed by atoms with Crippen LogP contribution in [0, 0.1) is 11.7 Å². The molecule has 0 amide bonds. The van der Waals surface area contributed by atoms with Gasteiger partial charge in [0.15, 0.2) is 0 Å². The van der Waals surface area contributed by atoms with Gasteiger partial charge in [-0.3, -0.25) is 4.98 Å². The molecule has 0 aliphatic rings. The smallest absolute Gasteiger partial charge is 0.147 e. The lowest BCUT2D eigenvalue weighted by molar-refractivity contribution is 0.132. The van der Waals surface area contributed by atoms with Crippen molar-refractivity contribution in [3.63, 3.8) is 0 Å². The van der Waals surface area contributed by atoms with Crippen LogP contribution in [0.15, 0.2) is 18.3 Å². The van der Waals surface area contributed by atoms with Crippen molar-refractivity contribution in [2.24, 2.45) is 5.92 Å². The number of aliphatic hydroxyl groups excluding tert-OH is 1. The van der Waals surface area contributed by atoms with E-state index in [0.29, 0.717) is 12.3 Å². The molecular formula is C12H18FNO. The Kier molecular flexibility index (Phi) is 4.69. The average molecular weight is 211 g/mol. The van der Waals surface area contributed by atoms with Crippen LogP contribution in [0.4, 0.5) is 4.39 Å². The number of aliphatic hydroxyl groups is 1. The van der Waals surface area contributed by atoms with Crippen LogP contribution in [0.2, 0.25) is 0 Å². The van der Waals surface area contributed by atoms with Crippen LogP contribution in [0.1, 0.15) is 44.9 Å². The molecule has 0 spiro atoms. The summed E-state index contributed by atoms with van der Waals surface area (Å²) in [7, 11) is 0. The third kappa shape index (κ3) is 3.27. The van der Waals surface area contributed by atoms with Gasteiger partial charge < -0.3 is 5.11 Å². The number of nitrogens with zero attached hydrogens (tertiary/aromatic N) is 1. The number of pyridine rings is 1. The van der Waals surface area contributed by atoms with Gasteiger partial charge in [-0.05, 0) is 24.5 Å². The van der Waals surface area contributed by atoms with Gasteiger partial charge >= 0.3 is 0 Å². The third-order valence-electron chi connectivity index (χ3n) is 2.81. The summed E-state index contributed by atoms with van der Waals surface area (Å²) in [5, 5.41) is 9.83. The van der Waals surface area contributed by atoms with Crippen LogP contribution in [0.25, 0.3) is 0 Å². The van der Waals surface area contributed by atoms with E-state index in [1.54, 1.807) is 0 Å². The van der Waals surface area contributed by atoms with Crippen molar-refractivity contribution in [3.05, 3.63) is 29.8 Å². The molecule has 1 unspecified atom stereocenters. The Hall–Kier alpha value is -0.960. The van der Waals surface area contributed by atoms with Gasteiger partial charge in [0, 0.05) is 6.20 Å². The van der Waals surface area contributed by atoms with Gasteiger partial charge in [-0.1, -0.05) is 26.7 Å². The minimum atomic E-state index is -0.781. The Morgan fingerprint density at radius 2 is 2.07 bits per heavy atom. The zero-order chi connectivity index (χ0) is 11.3. The molecule has 0 saturated heterocycles. The number of hydrogen-bond acceptors (Lipinski definition) is 2. The lowest BCUT2D eigenvalue weighted by atomic mass is 9.94. The minimum absolute atomic E-state index is 0.171. The van der Waals surface area contributed by atoms with E-state index >= 15 is 0 Å². The Bertz CT molecular complexity index is 299. The van der Waals surface area contributed by atoms with Crippen molar-refractivity contribution in [2.75, 3.05) is 0 Å². The Morgan fingerprint density at radius 3 is 2.60 bits per heavy atom. The Balaban J connectivity index is 2.68. The predicted octanol–water partition coefficient (Wildman–Crippen LogP) is 3.08. The molecule has 1 heterocycles. The second kappa shape index (κ2) is 5.81. The first-order valence-electron chi connectivity index (χ1n) is 5.47. The molecule has 0 aliphatic carbocycles. The maximum atomic E-state index is 13.3. The van der Waals surface area contributed by atoms with Gasteiger partial charge in [-0.15, -0.1) is 0 Å². The minimum Gasteiger partial charge on any atom is -0.387 e. The number of hydrogen-bond donors (Lipinski definition) is 1. The maximum absolute atomic E-state index is 13.3. The number of rotatable bonds is 5. The summed E-state index contributed by atoms with van der Waals surface area (Å²) in [6.45, 7) is 4.16. The summed E-state index contributed by atoms with van der Waals surface area (Å²) in [5.74, 6) is 0.0114. The van der Waals surface area contributed by atoms with Gasteiger partial charge in [-0.2, -0.15) is 0 Å². The standard InChI is InChI=1S/C12H18FNO/c1-3-9(4-2)8-11(15)12-10(13)6-5-7-14-12/h5-7,9,11,15H,3-4,8H2,1-2H3. The molecule has 1 N–H and O–H groups in total. The highest BCUT2D eigenvalue weighted by Gasteiger charge is 2.17. The van der Waals surface area contributed by atoms with Gasteiger partial charge in [0.1, 0.15) is 11.5 Å². The highest BCUT2D eigenvalue weighted by atomic mass is 19.1. The van der Waals surface area contributed by atoms with Crippen LogP contribution < -0.4 is 0 Å². The first-order valence-corrected chi connectivity index (χ1v) is 5.47.